The predicted octanol–water partition coefficient (Wildman–Crippen LogP) is 3.59. The van der Waals surface area contributed by atoms with Gasteiger partial charge >= 0.3 is 0 Å². The minimum Gasteiger partial charge on any atom is -0.313 e. The zero-order valence-corrected chi connectivity index (χ0v) is 17.5. The first kappa shape index (κ1) is 19.3. The fourth-order valence-corrected chi connectivity index (χ4v) is 5.14. The number of fused-ring (bicyclic) bond motifs is 3. The molecule has 1 aliphatic rings. The van der Waals surface area contributed by atoms with Gasteiger partial charge in [-0.15, -0.1) is 11.3 Å². The fourth-order valence-electron chi connectivity index (χ4n) is 3.88. The molecule has 28 heavy (non-hydrogen) atoms. The summed E-state index contributed by atoms with van der Waals surface area (Å²) >= 11 is 1.70. The summed E-state index contributed by atoms with van der Waals surface area (Å²) in [5.41, 5.74) is 2.52. The van der Waals surface area contributed by atoms with Crippen molar-refractivity contribution < 1.29 is 0 Å². The molecular weight excluding hydrogens is 368 g/mol. The molecule has 0 bridgehead atoms. The summed E-state index contributed by atoms with van der Waals surface area (Å²) in [6.45, 7) is 6.05. The molecular formula is C22H28N4OS. The van der Waals surface area contributed by atoms with Gasteiger partial charge in [0, 0.05) is 42.3 Å². The van der Waals surface area contributed by atoms with Gasteiger partial charge in [-0.1, -0.05) is 19.9 Å². The molecule has 0 aromatic carbocycles. The van der Waals surface area contributed by atoms with Crippen molar-refractivity contribution in [2.24, 2.45) is 5.92 Å². The lowest BCUT2D eigenvalue weighted by atomic mass is 9.93. The van der Waals surface area contributed by atoms with Crippen molar-refractivity contribution in [2.45, 2.75) is 58.5 Å². The van der Waals surface area contributed by atoms with Gasteiger partial charge in [-0.2, -0.15) is 0 Å². The van der Waals surface area contributed by atoms with E-state index in [-0.39, 0.29) is 5.56 Å². The number of hydrogen-bond acceptors (Lipinski definition) is 5. The summed E-state index contributed by atoms with van der Waals surface area (Å²) in [5, 5.41) is 4.55. The maximum atomic E-state index is 13.0. The van der Waals surface area contributed by atoms with E-state index in [0.29, 0.717) is 12.0 Å². The topological polar surface area (TPSA) is 59.8 Å². The van der Waals surface area contributed by atoms with Crippen LogP contribution in [0.1, 0.15) is 42.8 Å². The zero-order valence-electron chi connectivity index (χ0n) is 16.6. The smallest absolute Gasteiger partial charge is 0.262 e. The maximum absolute atomic E-state index is 13.0. The van der Waals surface area contributed by atoms with Crippen LogP contribution in [0.4, 0.5) is 0 Å². The van der Waals surface area contributed by atoms with Gasteiger partial charge in [0.1, 0.15) is 4.83 Å². The van der Waals surface area contributed by atoms with Crippen molar-refractivity contribution in [1.29, 1.82) is 0 Å². The lowest BCUT2D eigenvalue weighted by Gasteiger charge is -2.23. The van der Waals surface area contributed by atoms with Gasteiger partial charge in [0.2, 0.25) is 0 Å². The van der Waals surface area contributed by atoms with Crippen molar-refractivity contribution in [3.05, 3.63) is 57.2 Å². The van der Waals surface area contributed by atoms with Crippen LogP contribution in [0.3, 0.4) is 0 Å². The average molecular weight is 397 g/mol. The molecule has 3 aromatic rings. The van der Waals surface area contributed by atoms with Crippen molar-refractivity contribution in [1.82, 2.24) is 19.9 Å². The van der Waals surface area contributed by atoms with E-state index in [9.17, 15) is 4.79 Å². The van der Waals surface area contributed by atoms with E-state index in [2.05, 4.69) is 35.2 Å². The number of aryl methyl sites for hydroxylation is 2. The van der Waals surface area contributed by atoms with Gasteiger partial charge in [0.15, 0.2) is 0 Å². The molecule has 3 heterocycles. The molecule has 0 spiro atoms. The van der Waals surface area contributed by atoms with Crippen LogP contribution in [-0.2, 0) is 25.8 Å². The van der Waals surface area contributed by atoms with E-state index in [4.69, 9.17) is 0 Å². The molecule has 0 saturated carbocycles. The van der Waals surface area contributed by atoms with Gasteiger partial charge in [0.05, 0.1) is 11.7 Å². The molecule has 0 unspecified atom stereocenters. The number of nitrogens with zero attached hydrogens (tertiary/aromatic N) is 3. The summed E-state index contributed by atoms with van der Waals surface area (Å²) in [4.78, 5) is 24.2. The minimum absolute atomic E-state index is 0.143. The van der Waals surface area contributed by atoms with Crippen molar-refractivity contribution in [3.63, 3.8) is 0 Å². The third-order valence-corrected chi connectivity index (χ3v) is 6.69. The lowest BCUT2D eigenvalue weighted by Crippen LogP contribution is -2.35. The Hall–Kier alpha value is -2.05. The first-order valence-electron chi connectivity index (χ1n) is 10.2. The highest BCUT2D eigenvalue weighted by Crippen LogP contribution is 2.33. The van der Waals surface area contributed by atoms with Crippen LogP contribution in [0.2, 0.25) is 0 Å². The molecule has 1 aliphatic carbocycles. The maximum Gasteiger partial charge on any atom is 0.262 e. The molecule has 4 rings (SSSR count). The monoisotopic (exact) mass is 396 g/mol. The number of aromatic nitrogens is 3. The molecule has 0 radical (unpaired) electrons. The summed E-state index contributed by atoms with van der Waals surface area (Å²) in [7, 11) is 0. The SMILES string of the molecule is CC(C)CCn1cnc2sc3c(c2c1=O)CC[C@H](NCCc1ccccn1)C3. The minimum atomic E-state index is 0.143. The van der Waals surface area contributed by atoms with E-state index >= 15 is 0 Å². The molecule has 1 N–H and O–H groups in total. The Labute approximate surface area is 169 Å². The van der Waals surface area contributed by atoms with Crippen LogP contribution in [0.15, 0.2) is 35.5 Å². The normalized spacial score (nSPS) is 16.6. The highest BCUT2D eigenvalue weighted by atomic mass is 32.1. The van der Waals surface area contributed by atoms with Gasteiger partial charge in [-0.25, -0.2) is 4.98 Å². The predicted molar refractivity (Wildman–Crippen MR) is 115 cm³/mol. The van der Waals surface area contributed by atoms with Gasteiger partial charge in [-0.3, -0.25) is 14.3 Å². The first-order valence-corrected chi connectivity index (χ1v) is 11.1. The molecule has 3 aromatic heterocycles. The summed E-state index contributed by atoms with van der Waals surface area (Å²) < 4.78 is 1.80. The third-order valence-electron chi connectivity index (χ3n) is 5.52. The van der Waals surface area contributed by atoms with E-state index in [1.54, 1.807) is 22.2 Å². The number of thiophene rings is 1. The Bertz CT molecular complexity index is 993. The van der Waals surface area contributed by atoms with Crippen LogP contribution < -0.4 is 10.9 Å². The van der Waals surface area contributed by atoms with Gasteiger partial charge in [0.25, 0.3) is 5.56 Å². The number of hydrogen-bond donors (Lipinski definition) is 1. The molecule has 1 atom stereocenters. The second-order valence-electron chi connectivity index (χ2n) is 8.07. The Morgan fingerprint density at radius 2 is 2.21 bits per heavy atom. The van der Waals surface area contributed by atoms with Crippen LogP contribution in [0.5, 0.6) is 0 Å². The highest BCUT2D eigenvalue weighted by Gasteiger charge is 2.25. The van der Waals surface area contributed by atoms with E-state index < -0.39 is 0 Å². The second kappa shape index (κ2) is 8.53. The average Bonchev–Trinajstić information content (AvgIpc) is 3.06. The fraction of sp³-hybridized carbons (Fsp3) is 0.500. The Morgan fingerprint density at radius 3 is 3.00 bits per heavy atom. The molecule has 0 saturated heterocycles. The Morgan fingerprint density at radius 1 is 1.32 bits per heavy atom. The largest absolute Gasteiger partial charge is 0.313 e. The lowest BCUT2D eigenvalue weighted by molar-refractivity contribution is 0.465. The molecule has 0 amide bonds. The van der Waals surface area contributed by atoms with Gasteiger partial charge < -0.3 is 5.32 Å². The van der Waals surface area contributed by atoms with Crippen LogP contribution in [0, 0.1) is 5.92 Å². The zero-order chi connectivity index (χ0) is 19.5. The Balaban J connectivity index is 1.45. The first-order chi connectivity index (χ1) is 13.6. The number of nitrogens with one attached hydrogen (secondary N) is 1. The van der Waals surface area contributed by atoms with Crippen molar-refractivity contribution >= 4 is 21.6 Å². The van der Waals surface area contributed by atoms with E-state index in [1.807, 2.05) is 18.3 Å². The summed E-state index contributed by atoms with van der Waals surface area (Å²) in [6.07, 6.45) is 8.55. The van der Waals surface area contributed by atoms with Crippen LogP contribution >= 0.6 is 11.3 Å². The quantitative estimate of drug-likeness (QED) is 0.663. The highest BCUT2D eigenvalue weighted by molar-refractivity contribution is 7.18. The molecule has 6 heteroatoms. The van der Waals surface area contributed by atoms with E-state index in [0.717, 1.165) is 61.1 Å². The molecule has 5 nitrogen and oxygen atoms in total. The van der Waals surface area contributed by atoms with Crippen LogP contribution in [-0.4, -0.2) is 27.1 Å². The Kier molecular flexibility index (Phi) is 5.87. The second-order valence-corrected chi connectivity index (χ2v) is 9.16. The standard InChI is InChI=1S/C22H28N4OS/c1-15(2)9-12-26-14-25-21-20(22(26)27)18-7-6-17(13-19(18)28-21)24-11-8-16-5-3-4-10-23-16/h3-5,10,14-15,17,24H,6-9,11-13H2,1-2H3/t17-/m0/s1. The van der Waals surface area contributed by atoms with Crippen molar-refractivity contribution in [2.75, 3.05) is 6.54 Å². The molecule has 0 aliphatic heterocycles. The summed E-state index contributed by atoms with van der Waals surface area (Å²) in [6, 6.07) is 6.52. The van der Waals surface area contributed by atoms with Crippen LogP contribution in [0.25, 0.3) is 10.2 Å². The van der Waals surface area contributed by atoms with E-state index in [1.165, 1.54) is 10.4 Å². The number of pyridine rings is 1. The third kappa shape index (κ3) is 4.18. The van der Waals surface area contributed by atoms with Crippen molar-refractivity contribution in [3.8, 4) is 0 Å². The molecule has 148 valence electrons. The molecule has 0 fully saturated rings. The van der Waals surface area contributed by atoms with Gasteiger partial charge in [-0.05, 0) is 49.3 Å². The summed E-state index contributed by atoms with van der Waals surface area (Å²) in [5.74, 6) is 0.580. The number of rotatable bonds is 7.